The van der Waals surface area contributed by atoms with Crippen LogP contribution in [0.3, 0.4) is 0 Å². The fourth-order valence-corrected chi connectivity index (χ4v) is 3.20. The second-order valence-electron chi connectivity index (χ2n) is 4.54. The number of hydrogen-bond donors (Lipinski definition) is 1. The third-order valence-electron chi connectivity index (χ3n) is 3.39. The minimum absolute atomic E-state index is 0.0856. The molecule has 3 aromatic rings. The minimum Gasteiger partial charge on any atom is -0.506 e. The lowest BCUT2D eigenvalue weighted by molar-refractivity contribution is 0.482. The molecule has 0 aliphatic heterocycles. The Morgan fingerprint density at radius 1 is 1.21 bits per heavy atom. The molecule has 0 amide bonds. The summed E-state index contributed by atoms with van der Waals surface area (Å²) < 4.78 is 2.34. The summed E-state index contributed by atoms with van der Waals surface area (Å²) in [6.07, 6.45) is 0. The first-order valence-electron chi connectivity index (χ1n) is 5.96. The van der Waals surface area contributed by atoms with Gasteiger partial charge < -0.3 is 9.67 Å². The van der Waals surface area contributed by atoms with E-state index in [0.717, 1.165) is 21.3 Å². The molecule has 19 heavy (non-hydrogen) atoms. The number of hydrogen-bond acceptors (Lipinski definition) is 3. The van der Waals surface area contributed by atoms with Crippen molar-refractivity contribution < 1.29 is 5.11 Å². The molecule has 0 aliphatic carbocycles. The van der Waals surface area contributed by atoms with E-state index in [1.54, 1.807) is 11.6 Å². The highest BCUT2D eigenvalue weighted by molar-refractivity contribution is 7.17. The van der Waals surface area contributed by atoms with Crippen LogP contribution in [0, 0.1) is 6.92 Å². The van der Waals surface area contributed by atoms with Crippen molar-refractivity contribution in [2.75, 3.05) is 0 Å². The summed E-state index contributed by atoms with van der Waals surface area (Å²) in [5.41, 5.74) is 2.75. The molecule has 1 aromatic carbocycles. The number of aromatic hydroxyl groups is 1. The van der Waals surface area contributed by atoms with Gasteiger partial charge in [-0.15, -0.1) is 11.3 Å². The zero-order valence-corrected chi connectivity index (χ0v) is 11.5. The van der Waals surface area contributed by atoms with Gasteiger partial charge in [-0.3, -0.25) is 4.79 Å². The molecule has 2 aromatic heterocycles. The molecule has 0 spiro atoms. The maximum atomic E-state index is 12.5. The van der Waals surface area contributed by atoms with Gasteiger partial charge in [-0.2, -0.15) is 0 Å². The molecule has 3 rings (SSSR count). The van der Waals surface area contributed by atoms with E-state index in [1.165, 1.54) is 11.3 Å². The average molecular weight is 271 g/mol. The predicted molar refractivity (Wildman–Crippen MR) is 78.9 cm³/mol. The van der Waals surface area contributed by atoms with Crippen LogP contribution in [0.15, 0.2) is 40.5 Å². The van der Waals surface area contributed by atoms with E-state index in [1.807, 2.05) is 42.6 Å². The fourth-order valence-electron chi connectivity index (χ4n) is 2.33. The lowest BCUT2D eigenvalue weighted by atomic mass is 10.0. The van der Waals surface area contributed by atoms with Crippen molar-refractivity contribution in [3.63, 3.8) is 0 Å². The van der Waals surface area contributed by atoms with Gasteiger partial charge in [0.15, 0.2) is 0 Å². The number of benzene rings is 1. The van der Waals surface area contributed by atoms with Crippen molar-refractivity contribution in [1.29, 1.82) is 0 Å². The minimum atomic E-state index is -0.169. The van der Waals surface area contributed by atoms with Crippen molar-refractivity contribution in [2.45, 2.75) is 6.92 Å². The summed E-state index contributed by atoms with van der Waals surface area (Å²) in [6.45, 7) is 1.94. The van der Waals surface area contributed by atoms with E-state index in [4.69, 9.17) is 0 Å². The number of thiophene rings is 1. The van der Waals surface area contributed by atoms with Crippen LogP contribution in [-0.4, -0.2) is 9.67 Å². The van der Waals surface area contributed by atoms with Crippen LogP contribution in [0.25, 0.3) is 21.3 Å². The van der Waals surface area contributed by atoms with E-state index in [2.05, 4.69) is 0 Å². The van der Waals surface area contributed by atoms with Gasteiger partial charge in [-0.05, 0) is 29.5 Å². The smallest absolute Gasteiger partial charge is 0.262 e. The Morgan fingerprint density at radius 3 is 2.68 bits per heavy atom. The molecule has 0 unspecified atom stereocenters. The summed E-state index contributed by atoms with van der Waals surface area (Å²) in [7, 11) is 1.73. The summed E-state index contributed by atoms with van der Waals surface area (Å²) in [4.78, 5) is 12.5. The SMILES string of the molecule is Cc1ccccc1-c1c(O)c2sccc2n(C)c1=O. The first kappa shape index (κ1) is 12.0. The number of rotatable bonds is 1. The summed E-state index contributed by atoms with van der Waals surface area (Å²) in [5, 5.41) is 12.3. The van der Waals surface area contributed by atoms with Gasteiger partial charge in [0.25, 0.3) is 5.56 Å². The molecule has 3 nitrogen and oxygen atoms in total. The van der Waals surface area contributed by atoms with Crippen LogP contribution in [0.4, 0.5) is 0 Å². The molecule has 96 valence electrons. The number of aryl methyl sites for hydroxylation is 2. The van der Waals surface area contributed by atoms with Gasteiger partial charge in [-0.25, -0.2) is 0 Å². The fraction of sp³-hybridized carbons (Fsp3) is 0.133. The summed E-state index contributed by atoms with van der Waals surface area (Å²) in [6, 6.07) is 9.45. The molecule has 0 saturated heterocycles. The Morgan fingerprint density at radius 2 is 1.95 bits per heavy atom. The maximum Gasteiger partial charge on any atom is 0.262 e. The molecule has 0 fully saturated rings. The van der Waals surface area contributed by atoms with Gasteiger partial charge in [0.2, 0.25) is 0 Å². The number of pyridine rings is 1. The van der Waals surface area contributed by atoms with Crippen molar-refractivity contribution in [3.05, 3.63) is 51.6 Å². The van der Waals surface area contributed by atoms with E-state index >= 15 is 0 Å². The normalized spacial score (nSPS) is 11.1. The van der Waals surface area contributed by atoms with Gasteiger partial charge in [-0.1, -0.05) is 24.3 Å². The second kappa shape index (κ2) is 4.24. The highest BCUT2D eigenvalue weighted by atomic mass is 32.1. The van der Waals surface area contributed by atoms with Crippen LogP contribution < -0.4 is 5.56 Å². The first-order valence-corrected chi connectivity index (χ1v) is 6.84. The molecule has 0 radical (unpaired) electrons. The van der Waals surface area contributed by atoms with E-state index < -0.39 is 0 Å². The monoisotopic (exact) mass is 271 g/mol. The molecular formula is C15H13NO2S. The third-order valence-corrected chi connectivity index (χ3v) is 4.30. The molecule has 4 heteroatoms. The van der Waals surface area contributed by atoms with Gasteiger partial charge in [0, 0.05) is 7.05 Å². The number of fused-ring (bicyclic) bond motifs is 1. The molecule has 2 heterocycles. The molecule has 0 bridgehead atoms. The number of aromatic nitrogens is 1. The van der Waals surface area contributed by atoms with Gasteiger partial charge in [0.05, 0.1) is 15.8 Å². The molecule has 0 aliphatic rings. The quantitative estimate of drug-likeness (QED) is 0.738. The van der Waals surface area contributed by atoms with Crippen molar-refractivity contribution in [2.24, 2.45) is 7.05 Å². The van der Waals surface area contributed by atoms with Crippen LogP contribution in [-0.2, 0) is 7.05 Å². The Bertz CT molecular complexity index is 830. The van der Waals surface area contributed by atoms with Crippen LogP contribution in [0.2, 0.25) is 0 Å². The van der Waals surface area contributed by atoms with Gasteiger partial charge >= 0.3 is 0 Å². The highest BCUT2D eigenvalue weighted by Crippen LogP contribution is 2.36. The van der Waals surface area contributed by atoms with E-state index in [0.29, 0.717) is 5.56 Å². The summed E-state index contributed by atoms with van der Waals surface area (Å²) >= 11 is 1.44. The predicted octanol–water partition coefficient (Wildman–Crippen LogP) is 3.28. The lowest BCUT2D eigenvalue weighted by Crippen LogP contribution is -2.18. The molecule has 0 atom stereocenters. The Kier molecular flexibility index (Phi) is 2.68. The van der Waals surface area contributed by atoms with Crippen molar-refractivity contribution in [1.82, 2.24) is 4.57 Å². The van der Waals surface area contributed by atoms with Crippen LogP contribution in [0.5, 0.6) is 5.75 Å². The Labute approximate surface area is 114 Å². The van der Waals surface area contributed by atoms with Gasteiger partial charge in [0.1, 0.15) is 5.75 Å². The third kappa shape index (κ3) is 1.68. The molecular weight excluding hydrogens is 258 g/mol. The van der Waals surface area contributed by atoms with Crippen molar-refractivity contribution in [3.8, 4) is 16.9 Å². The Balaban J connectivity index is 2.49. The standard InChI is InChI=1S/C15H13NO2S/c1-9-5-3-4-6-10(9)12-13(17)14-11(7-8-19-14)16(2)15(12)18/h3-8,17H,1-2H3. The lowest BCUT2D eigenvalue weighted by Gasteiger charge is -2.11. The zero-order valence-electron chi connectivity index (χ0n) is 10.7. The largest absolute Gasteiger partial charge is 0.506 e. The zero-order chi connectivity index (χ0) is 13.6. The van der Waals surface area contributed by atoms with Crippen LogP contribution in [0.1, 0.15) is 5.56 Å². The highest BCUT2D eigenvalue weighted by Gasteiger charge is 2.18. The molecule has 1 N–H and O–H groups in total. The first-order chi connectivity index (χ1) is 9.11. The topological polar surface area (TPSA) is 42.2 Å². The number of nitrogens with zero attached hydrogens (tertiary/aromatic N) is 1. The van der Waals surface area contributed by atoms with E-state index in [-0.39, 0.29) is 11.3 Å². The Hall–Kier alpha value is -2.07. The maximum absolute atomic E-state index is 12.5. The van der Waals surface area contributed by atoms with E-state index in [9.17, 15) is 9.90 Å². The second-order valence-corrected chi connectivity index (χ2v) is 5.45. The average Bonchev–Trinajstić information content (AvgIpc) is 2.88. The summed E-state index contributed by atoms with van der Waals surface area (Å²) in [5.74, 6) is 0.0856. The molecule has 0 saturated carbocycles. The van der Waals surface area contributed by atoms with Crippen LogP contribution >= 0.6 is 11.3 Å². The van der Waals surface area contributed by atoms with Crippen molar-refractivity contribution >= 4 is 21.6 Å².